The topological polar surface area (TPSA) is 71.7 Å². The van der Waals surface area contributed by atoms with Crippen LogP contribution in [0.4, 0.5) is 4.79 Å². The van der Waals surface area contributed by atoms with Crippen molar-refractivity contribution >= 4 is 22.0 Å². The monoisotopic (exact) mass is 394 g/mol. The van der Waals surface area contributed by atoms with Crippen molar-refractivity contribution < 1.29 is 13.9 Å². The van der Waals surface area contributed by atoms with E-state index in [0.717, 1.165) is 23.1 Å². The number of carbonyl (C=O) groups excluding carboxylic acids is 1. The van der Waals surface area contributed by atoms with Gasteiger partial charge in [0.1, 0.15) is 0 Å². The first-order chi connectivity index (χ1) is 11.7. The molecule has 1 amide bonds. The smallest absolute Gasteiger partial charge is 0.409 e. The van der Waals surface area contributed by atoms with Crippen LogP contribution in [0.3, 0.4) is 0 Å². The minimum Gasteiger partial charge on any atom is -0.450 e. The average Bonchev–Trinajstić information content (AvgIpc) is 3.04. The fourth-order valence-electron chi connectivity index (χ4n) is 2.55. The highest BCUT2D eigenvalue weighted by atomic mass is 79.9. The third-order valence-electron chi connectivity index (χ3n) is 3.80. The van der Waals surface area contributed by atoms with Gasteiger partial charge in [-0.05, 0) is 25.1 Å². The maximum atomic E-state index is 11.7. The molecule has 1 fully saturated rings. The van der Waals surface area contributed by atoms with E-state index in [9.17, 15) is 4.79 Å². The number of hydrogen-bond donors (Lipinski definition) is 0. The third kappa shape index (κ3) is 4.12. The van der Waals surface area contributed by atoms with Crippen LogP contribution in [0.15, 0.2) is 33.2 Å². The number of rotatable bonds is 4. The maximum Gasteiger partial charge on any atom is 0.409 e. The fraction of sp³-hybridized carbons (Fsp3) is 0.438. The number of halogens is 1. The summed E-state index contributed by atoms with van der Waals surface area (Å²) in [6.45, 7) is 5.60. The second-order valence-electron chi connectivity index (χ2n) is 5.47. The number of hydrogen-bond acceptors (Lipinski definition) is 6. The number of amides is 1. The Labute approximate surface area is 148 Å². The fourth-order valence-corrected chi connectivity index (χ4v) is 2.95. The molecular formula is C16H19BrN4O3. The van der Waals surface area contributed by atoms with E-state index in [2.05, 4.69) is 31.0 Å². The first-order valence-corrected chi connectivity index (χ1v) is 8.67. The average molecular weight is 395 g/mol. The highest BCUT2D eigenvalue weighted by Crippen LogP contribution is 2.22. The van der Waals surface area contributed by atoms with Crippen LogP contribution in [-0.2, 0) is 11.3 Å². The second kappa shape index (κ2) is 7.76. The molecule has 8 heteroatoms. The largest absolute Gasteiger partial charge is 0.450 e. The lowest BCUT2D eigenvalue weighted by Crippen LogP contribution is -2.48. The summed E-state index contributed by atoms with van der Waals surface area (Å²) in [6, 6.07) is 7.75. The zero-order valence-corrected chi connectivity index (χ0v) is 15.0. The van der Waals surface area contributed by atoms with Gasteiger partial charge in [0.15, 0.2) is 0 Å². The van der Waals surface area contributed by atoms with Gasteiger partial charge in [0.05, 0.1) is 13.2 Å². The first kappa shape index (κ1) is 16.9. The van der Waals surface area contributed by atoms with Gasteiger partial charge in [-0.1, -0.05) is 22.0 Å². The van der Waals surface area contributed by atoms with Gasteiger partial charge in [-0.25, -0.2) is 4.79 Å². The molecule has 24 heavy (non-hydrogen) atoms. The highest BCUT2D eigenvalue weighted by Gasteiger charge is 2.23. The second-order valence-corrected chi connectivity index (χ2v) is 6.39. The minimum absolute atomic E-state index is 0.244. The molecule has 0 saturated carbocycles. The van der Waals surface area contributed by atoms with Crippen molar-refractivity contribution in [2.75, 3.05) is 32.8 Å². The van der Waals surface area contributed by atoms with Crippen molar-refractivity contribution in [1.82, 2.24) is 20.0 Å². The molecule has 0 N–H and O–H groups in total. The molecule has 128 valence electrons. The summed E-state index contributed by atoms with van der Waals surface area (Å²) >= 11 is 3.43. The molecular weight excluding hydrogens is 376 g/mol. The predicted molar refractivity (Wildman–Crippen MR) is 91.3 cm³/mol. The van der Waals surface area contributed by atoms with Crippen molar-refractivity contribution in [3.8, 4) is 11.5 Å². The van der Waals surface area contributed by atoms with Crippen LogP contribution in [0.25, 0.3) is 11.5 Å². The summed E-state index contributed by atoms with van der Waals surface area (Å²) in [6.07, 6.45) is -0.244. The zero-order chi connectivity index (χ0) is 16.9. The van der Waals surface area contributed by atoms with E-state index >= 15 is 0 Å². The van der Waals surface area contributed by atoms with Crippen molar-refractivity contribution in [2.24, 2.45) is 0 Å². The van der Waals surface area contributed by atoms with Gasteiger partial charge < -0.3 is 14.1 Å². The van der Waals surface area contributed by atoms with Crippen molar-refractivity contribution in [3.05, 3.63) is 34.6 Å². The van der Waals surface area contributed by atoms with Gasteiger partial charge in [0.2, 0.25) is 11.8 Å². The summed E-state index contributed by atoms with van der Waals surface area (Å²) in [5.41, 5.74) is 0.884. The molecule has 1 saturated heterocycles. The quantitative estimate of drug-likeness (QED) is 0.793. The first-order valence-electron chi connectivity index (χ1n) is 7.88. The van der Waals surface area contributed by atoms with Crippen LogP contribution in [0.2, 0.25) is 0 Å². The highest BCUT2D eigenvalue weighted by molar-refractivity contribution is 9.10. The van der Waals surface area contributed by atoms with Gasteiger partial charge >= 0.3 is 6.09 Å². The standard InChI is InChI=1S/C16H19BrN4O3/c1-2-23-16(22)21-8-6-20(7-9-21)11-14-18-19-15(24-14)12-4-3-5-13(17)10-12/h3-5,10H,2,6-9,11H2,1H3. The molecule has 0 atom stereocenters. The Morgan fingerprint density at radius 1 is 1.29 bits per heavy atom. The van der Waals surface area contributed by atoms with Crippen LogP contribution in [-0.4, -0.2) is 58.9 Å². The summed E-state index contributed by atoms with van der Waals surface area (Å²) < 4.78 is 11.7. The van der Waals surface area contributed by atoms with Crippen LogP contribution >= 0.6 is 15.9 Å². The number of carbonyl (C=O) groups is 1. The number of ether oxygens (including phenoxy) is 1. The maximum absolute atomic E-state index is 11.7. The van der Waals surface area contributed by atoms with Gasteiger partial charge in [0, 0.05) is 36.2 Å². The van der Waals surface area contributed by atoms with Crippen LogP contribution < -0.4 is 0 Å². The Morgan fingerprint density at radius 3 is 2.79 bits per heavy atom. The number of aromatic nitrogens is 2. The van der Waals surface area contributed by atoms with Gasteiger partial charge in [-0.3, -0.25) is 4.90 Å². The van der Waals surface area contributed by atoms with Gasteiger partial charge in [0.25, 0.3) is 0 Å². The molecule has 2 heterocycles. The third-order valence-corrected chi connectivity index (χ3v) is 4.29. The molecule has 1 aliphatic heterocycles. The molecule has 7 nitrogen and oxygen atoms in total. The van der Waals surface area contributed by atoms with E-state index < -0.39 is 0 Å². The summed E-state index contributed by atoms with van der Waals surface area (Å²) in [4.78, 5) is 15.6. The van der Waals surface area contributed by atoms with Gasteiger partial charge in [-0.15, -0.1) is 10.2 Å². The van der Waals surface area contributed by atoms with E-state index in [1.807, 2.05) is 31.2 Å². The Bertz CT molecular complexity index is 698. The Kier molecular flexibility index (Phi) is 5.47. The molecule has 0 spiro atoms. The van der Waals surface area contributed by atoms with Crippen molar-refractivity contribution in [1.29, 1.82) is 0 Å². The van der Waals surface area contributed by atoms with Crippen LogP contribution in [0, 0.1) is 0 Å². The predicted octanol–water partition coefficient (Wildman–Crippen LogP) is 2.77. The normalized spacial score (nSPS) is 15.5. The van der Waals surface area contributed by atoms with E-state index in [-0.39, 0.29) is 6.09 Å². The van der Waals surface area contributed by atoms with E-state index in [0.29, 0.717) is 38.0 Å². The summed E-state index contributed by atoms with van der Waals surface area (Å²) in [7, 11) is 0. The zero-order valence-electron chi connectivity index (χ0n) is 13.4. The van der Waals surface area contributed by atoms with E-state index in [1.54, 1.807) is 4.90 Å². The summed E-state index contributed by atoms with van der Waals surface area (Å²) in [5.74, 6) is 1.09. The van der Waals surface area contributed by atoms with E-state index in [1.165, 1.54) is 0 Å². The lowest BCUT2D eigenvalue weighted by atomic mass is 10.2. The number of nitrogens with zero attached hydrogens (tertiary/aromatic N) is 4. The molecule has 1 aromatic carbocycles. The molecule has 0 radical (unpaired) electrons. The lowest BCUT2D eigenvalue weighted by Gasteiger charge is -2.33. The lowest BCUT2D eigenvalue weighted by molar-refractivity contribution is 0.0756. The molecule has 2 aromatic rings. The Balaban J connectivity index is 1.56. The molecule has 1 aromatic heterocycles. The van der Waals surface area contributed by atoms with Gasteiger partial charge in [-0.2, -0.15) is 0 Å². The molecule has 3 rings (SSSR count). The summed E-state index contributed by atoms with van der Waals surface area (Å²) in [5, 5.41) is 8.23. The molecule has 1 aliphatic rings. The Hall–Kier alpha value is -1.93. The van der Waals surface area contributed by atoms with Crippen LogP contribution in [0.1, 0.15) is 12.8 Å². The molecule has 0 bridgehead atoms. The van der Waals surface area contributed by atoms with Crippen LogP contribution in [0.5, 0.6) is 0 Å². The van der Waals surface area contributed by atoms with E-state index in [4.69, 9.17) is 9.15 Å². The molecule has 0 aliphatic carbocycles. The SMILES string of the molecule is CCOC(=O)N1CCN(Cc2nnc(-c3cccc(Br)c3)o2)CC1. The molecule has 0 unspecified atom stereocenters. The number of benzene rings is 1. The Morgan fingerprint density at radius 2 is 2.08 bits per heavy atom. The van der Waals surface area contributed by atoms with Crippen molar-refractivity contribution in [2.45, 2.75) is 13.5 Å². The minimum atomic E-state index is -0.244. The van der Waals surface area contributed by atoms with Crippen molar-refractivity contribution in [3.63, 3.8) is 0 Å². The number of piperazine rings is 1.